The standard InChI is InChI=1S/C22H23NO2.C2H6/c1-2-21-20(23-22(25-21)17-7-4-3-5-8-17)13-14-24-19-12-11-16-9-6-10-18(16)15-19;1-2/h3-5,7-8,11-12,15H,2,6,9-10,13-14H2,1H3;1-2H3. The van der Waals surface area contributed by atoms with Crippen molar-refractivity contribution < 1.29 is 9.15 Å². The maximum atomic E-state index is 5.97. The van der Waals surface area contributed by atoms with Crippen LogP contribution in [0, 0.1) is 0 Å². The molecule has 0 fully saturated rings. The molecule has 0 unspecified atom stereocenters. The summed E-state index contributed by atoms with van der Waals surface area (Å²) in [6.45, 7) is 6.71. The van der Waals surface area contributed by atoms with E-state index in [0.717, 1.165) is 35.6 Å². The van der Waals surface area contributed by atoms with Gasteiger partial charge in [-0.15, -0.1) is 0 Å². The summed E-state index contributed by atoms with van der Waals surface area (Å²) >= 11 is 0. The Morgan fingerprint density at radius 2 is 1.78 bits per heavy atom. The van der Waals surface area contributed by atoms with Crippen molar-refractivity contribution >= 4 is 0 Å². The molecule has 0 saturated carbocycles. The minimum Gasteiger partial charge on any atom is -0.493 e. The first-order chi connectivity index (χ1) is 13.3. The molecular formula is C24H29NO2. The summed E-state index contributed by atoms with van der Waals surface area (Å²) in [5, 5.41) is 0. The highest BCUT2D eigenvalue weighted by Gasteiger charge is 2.14. The molecule has 142 valence electrons. The Morgan fingerprint density at radius 1 is 1.00 bits per heavy atom. The molecule has 1 aromatic heterocycles. The number of oxazole rings is 1. The van der Waals surface area contributed by atoms with Crippen molar-refractivity contribution in [3.63, 3.8) is 0 Å². The van der Waals surface area contributed by atoms with E-state index in [0.29, 0.717) is 12.5 Å². The maximum absolute atomic E-state index is 5.97. The van der Waals surface area contributed by atoms with Crippen molar-refractivity contribution in [1.82, 2.24) is 4.98 Å². The topological polar surface area (TPSA) is 35.3 Å². The first kappa shape index (κ1) is 19.2. The van der Waals surface area contributed by atoms with Crippen molar-refractivity contribution in [1.29, 1.82) is 0 Å². The third-order valence-corrected chi connectivity index (χ3v) is 4.80. The smallest absolute Gasteiger partial charge is 0.226 e. The van der Waals surface area contributed by atoms with Crippen LogP contribution in [0.4, 0.5) is 0 Å². The minimum absolute atomic E-state index is 0.618. The van der Waals surface area contributed by atoms with Crippen LogP contribution in [0.25, 0.3) is 11.5 Å². The molecule has 4 rings (SSSR count). The number of aryl methyl sites for hydroxylation is 3. The number of benzene rings is 2. The van der Waals surface area contributed by atoms with E-state index in [1.807, 2.05) is 44.2 Å². The van der Waals surface area contributed by atoms with Gasteiger partial charge in [0.1, 0.15) is 11.5 Å². The second-order valence-electron chi connectivity index (χ2n) is 6.49. The molecule has 0 bridgehead atoms. The van der Waals surface area contributed by atoms with Gasteiger partial charge < -0.3 is 9.15 Å². The molecule has 1 heterocycles. The summed E-state index contributed by atoms with van der Waals surface area (Å²) in [6.07, 6.45) is 5.25. The lowest BCUT2D eigenvalue weighted by Gasteiger charge is -2.07. The third-order valence-electron chi connectivity index (χ3n) is 4.80. The maximum Gasteiger partial charge on any atom is 0.226 e. The zero-order chi connectivity index (χ0) is 19.1. The van der Waals surface area contributed by atoms with Crippen LogP contribution in [0.1, 0.15) is 49.8 Å². The van der Waals surface area contributed by atoms with E-state index < -0.39 is 0 Å². The monoisotopic (exact) mass is 363 g/mol. The van der Waals surface area contributed by atoms with E-state index in [9.17, 15) is 0 Å². The number of fused-ring (bicyclic) bond motifs is 1. The van der Waals surface area contributed by atoms with Crippen LogP contribution in [0.3, 0.4) is 0 Å². The van der Waals surface area contributed by atoms with Gasteiger partial charge in [-0.2, -0.15) is 0 Å². The van der Waals surface area contributed by atoms with Crippen molar-refractivity contribution in [2.45, 2.75) is 52.9 Å². The van der Waals surface area contributed by atoms with Crippen LogP contribution >= 0.6 is 0 Å². The first-order valence-corrected chi connectivity index (χ1v) is 10.1. The Hall–Kier alpha value is -2.55. The second kappa shape index (κ2) is 9.40. The minimum atomic E-state index is 0.618. The second-order valence-corrected chi connectivity index (χ2v) is 6.49. The Labute approximate surface area is 162 Å². The number of rotatable bonds is 6. The number of hydrogen-bond donors (Lipinski definition) is 0. The molecule has 0 atom stereocenters. The first-order valence-electron chi connectivity index (χ1n) is 10.1. The summed E-state index contributed by atoms with van der Waals surface area (Å²) in [5.41, 5.74) is 4.94. The molecule has 1 aliphatic carbocycles. The molecular weight excluding hydrogens is 334 g/mol. The van der Waals surface area contributed by atoms with E-state index in [4.69, 9.17) is 14.1 Å². The predicted octanol–water partition coefficient (Wildman–Crippen LogP) is 6.04. The highest BCUT2D eigenvalue weighted by molar-refractivity contribution is 5.53. The molecule has 0 radical (unpaired) electrons. The molecule has 2 aromatic carbocycles. The average Bonchev–Trinajstić information content (AvgIpc) is 3.36. The molecule has 0 aliphatic heterocycles. The van der Waals surface area contributed by atoms with Crippen LogP contribution in [-0.2, 0) is 25.7 Å². The summed E-state index contributed by atoms with van der Waals surface area (Å²) in [7, 11) is 0. The van der Waals surface area contributed by atoms with Gasteiger partial charge in [-0.25, -0.2) is 4.98 Å². The molecule has 0 N–H and O–H groups in total. The van der Waals surface area contributed by atoms with Gasteiger partial charge in [0.2, 0.25) is 5.89 Å². The van der Waals surface area contributed by atoms with Gasteiger partial charge >= 0.3 is 0 Å². The normalized spacial score (nSPS) is 12.3. The van der Waals surface area contributed by atoms with Crippen LogP contribution in [0.15, 0.2) is 52.9 Å². The van der Waals surface area contributed by atoms with Crippen molar-refractivity contribution in [2.24, 2.45) is 0 Å². The van der Waals surface area contributed by atoms with Gasteiger partial charge in [0, 0.05) is 18.4 Å². The zero-order valence-electron chi connectivity index (χ0n) is 16.6. The predicted molar refractivity (Wildman–Crippen MR) is 110 cm³/mol. The number of aromatic nitrogens is 1. The summed E-state index contributed by atoms with van der Waals surface area (Å²) in [4.78, 5) is 4.69. The van der Waals surface area contributed by atoms with Gasteiger partial charge in [0.15, 0.2) is 0 Å². The van der Waals surface area contributed by atoms with Crippen molar-refractivity contribution in [2.75, 3.05) is 6.61 Å². The fourth-order valence-electron chi connectivity index (χ4n) is 3.46. The quantitative estimate of drug-likeness (QED) is 0.535. The average molecular weight is 364 g/mol. The lowest BCUT2D eigenvalue weighted by molar-refractivity contribution is 0.319. The van der Waals surface area contributed by atoms with Gasteiger partial charge in [0.25, 0.3) is 0 Å². The van der Waals surface area contributed by atoms with E-state index in [-0.39, 0.29) is 0 Å². The molecule has 3 aromatic rings. The molecule has 1 aliphatic rings. The van der Waals surface area contributed by atoms with Gasteiger partial charge in [-0.3, -0.25) is 0 Å². The summed E-state index contributed by atoms with van der Waals surface area (Å²) < 4.78 is 11.9. The fourth-order valence-corrected chi connectivity index (χ4v) is 3.46. The molecule has 0 saturated heterocycles. The van der Waals surface area contributed by atoms with Crippen molar-refractivity contribution in [3.05, 3.63) is 71.1 Å². The Kier molecular flexibility index (Phi) is 6.69. The summed E-state index contributed by atoms with van der Waals surface area (Å²) in [5.74, 6) is 2.62. The number of hydrogen-bond acceptors (Lipinski definition) is 3. The highest BCUT2D eigenvalue weighted by atomic mass is 16.5. The largest absolute Gasteiger partial charge is 0.493 e. The molecule has 0 amide bonds. The van der Waals surface area contributed by atoms with Gasteiger partial charge in [-0.05, 0) is 54.7 Å². The SMILES string of the molecule is CC.CCc1oc(-c2ccccc2)nc1CCOc1ccc2c(c1)CCC2. The highest BCUT2D eigenvalue weighted by Crippen LogP contribution is 2.26. The molecule has 3 heteroatoms. The number of ether oxygens (including phenoxy) is 1. The van der Waals surface area contributed by atoms with E-state index in [1.54, 1.807) is 0 Å². The Morgan fingerprint density at radius 3 is 2.56 bits per heavy atom. The van der Waals surface area contributed by atoms with Crippen molar-refractivity contribution in [3.8, 4) is 17.2 Å². The van der Waals surface area contributed by atoms with Gasteiger partial charge in [0.05, 0.1) is 12.3 Å². The van der Waals surface area contributed by atoms with E-state index >= 15 is 0 Å². The van der Waals surface area contributed by atoms with Crippen LogP contribution < -0.4 is 4.74 Å². The van der Waals surface area contributed by atoms with E-state index in [2.05, 4.69) is 25.1 Å². The molecule has 27 heavy (non-hydrogen) atoms. The van der Waals surface area contributed by atoms with Crippen LogP contribution in [0.5, 0.6) is 5.75 Å². The Bertz CT molecular complexity index is 852. The lowest BCUT2D eigenvalue weighted by atomic mass is 10.1. The lowest BCUT2D eigenvalue weighted by Crippen LogP contribution is -2.03. The summed E-state index contributed by atoms with van der Waals surface area (Å²) in [6, 6.07) is 16.5. The number of nitrogens with zero attached hydrogens (tertiary/aromatic N) is 1. The van der Waals surface area contributed by atoms with E-state index in [1.165, 1.54) is 30.4 Å². The third kappa shape index (κ3) is 4.60. The van der Waals surface area contributed by atoms with Gasteiger partial charge in [-0.1, -0.05) is 45.0 Å². The Balaban J connectivity index is 0.00000102. The molecule has 0 spiro atoms. The molecule has 3 nitrogen and oxygen atoms in total. The fraction of sp³-hybridized carbons (Fsp3) is 0.375. The van der Waals surface area contributed by atoms with Crippen LogP contribution in [0.2, 0.25) is 0 Å². The zero-order valence-corrected chi connectivity index (χ0v) is 16.6. The van der Waals surface area contributed by atoms with Crippen LogP contribution in [-0.4, -0.2) is 11.6 Å².